The fraction of sp³-hybridized carbons (Fsp3) is 0.154. The van der Waals surface area contributed by atoms with Gasteiger partial charge in [-0.2, -0.15) is 0 Å². The molecule has 16 heavy (non-hydrogen) atoms. The van der Waals surface area contributed by atoms with Crippen LogP contribution < -0.4 is 0 Å². The summed E-state index contributed by atoms with van der Waals surface area (Å²) in [7, 11) is 1.39. The van der Waals surface area contributed by atoms with Gasteiger partial charge in [0.1, 0.15) is 0 Å². The van der Waals surface area contributed by atoms with Gasteiger partial charge in [0.15, 0.2) is 0 Å². The van der Waals surface area contributed by atoms with Gasteiger partial charge in [0, 0.05) is 5.02 Å². The van der Waals surface area contributed by atoms with E-state index in [-0.39, 0.29) is 12.4 Å². The molecule has 0 saturated carbocycles. The van der Waals surface area contributed by atoms with Crippen LogP contribution in [-0.4, -0.2) is 13.1 Å². The Morgan fingerprint density at radius 1 is 1.31 bits per heavy atom. The predicted octanol–water partition coefficient (Wildman–Crippen LogP) is 3.21. The molecule has 0 aromatic heterocycles. The maximum atomic E-state index is 11.2. The molecular formula is C13H11ClO2. The average Bonchev–Trinajstić information content (AvgIpc) is 2.28. The number of carbonyl (C=O) groups is 1. The highest BCUT2D eigenvalue weighted by Crippen LogP contribution is 2.23. The number of fused-ring (bicyclic) bond motifs is 1. The Morgan fingerprint density at radius 2 is 2.12 bits per heavy atom. The zero-order chi connectivity index (χ0) is 11.5. The van der Waals surface area contributed by atoms with E-state index < -0.39 is 0 Å². The highest BCUT2D eigenvalue weighted by molar-refractivity contribution is 6.31. The summed E-state index contributed by atoms with van der Waals surface area (Å²) in [6.07, 6.45) is 0.287. The lowest BCUT2D eigenvalue weighted by Gasteiger charge is -2.05. The summed E-state index contributed by atoms with van der Waals surface area (Å²) in [4.78, 5) is 11.2. The predicted molar refractivity (Wildman–Crippen MR) is 64.7 cm³/mol. The van der Waals surface area contributed by atoms with Crippen LogP contribution in [0.1, 0.15) is 5.56 Å². The largest absolute Gasteiger partial charge is 0.469 e. The van der Waals surface area contributed by atoms with Gasteiger partial charge in [-0.05, 0) is 28.5 Å². The van der Waals surface area contributed by atoms with E-state index in [9.17, 15) is 4.79 Å². The average molecular weight is 235 g/mol. The van der Waals surface area contributed by atoms with Crippen molar-refractivity contribution in [2.75, 3.05) is 7.11 Å². The number of benzene rings is 2. The molecule has 0 fully saturated rings. The first-order valence-electron chi connectivity index (χ1n) is 4.94. The van der Waals surface area contributed by atoms with Crippen LogP contribution in [0.2, 0.25) is 5.02 Å². The molecule has 0 amide bonds. The van der Waals surface area contributed by atoms with E-state index in [1.807, 2.05) is 36.4 Å². The van der Waals surface area contributed by atoms with Crippen molar-refractivity contribution in [3.63, 3.8) is 0 Å². The Kier molecular flexibility index (Phi) is 3.11. The second-order valence-electron chi connectivity index (χ2n) is 3.54. The molecular weight excluding hydrogens is 224 g/mol. The number of esters is 1. The van der Waals surface area contributed by atoms with Crippen LogP contribution in [0.3, 0.4) is 0 Å². The van der Waals surface area contributed by atoms with Gasteiger partial charge >= 0.3 is 5.97 Å². The van der Waals surface area contributed by atoms with Crippen LogP contribution in [-0.2, 0) is 16.0 Å². The molecule has 0 heterocycles. The minimum atomic E-state index is -0.234. The van der Waals surface area contributed by atoms with E-state index in [0.29, 0.717) is 5.02 Å². The van der Waals surface area contributed by atoms with Crippen molar-refractivity contribution in [1.29, 1.82) is 0 Å². The standard InChI is InChI=1S/C13H11ClO2/c1-16-13(15)8-10-4-2-3-9-7-11(14)5-6-12(9)10/h2-7H,8H2,1H3. The SMILES string of the molecule is COC(=O)Cc1cccc2cc(Cl)ccc12. The first-order chi connectivity index (χ1) is 7.70. The van der Waals surface area contributed by atoms with Gasteiger partial charge in [0.25, 0.3) is 0 Å². The minimum Gasteiger partial charge on any atom is -0.469 e. The van der Waals surface area contributed by atoms with Crippen molar-refractivity contribution < 1.29 is 9.53 Å². The second-order valence-corrected chi connectivity index (χ2v) is 3.97. The van der Waals surface area contributed by atoms with Gasteiger partial charge in [-0.1, -0.05) is 35.9 Å². The molecule has 0 atom stereocenters. The Bertz CT molecular complexity index is 534. The molecule has 3 heteroatoms. The number of carbonyl (C=O) groups excluding carboxylic acids is 1. The quantitative estimate of drug-likeness (QED) is 0.746. The van der Waals surface area contributed by atoms with Crippen LogP contribution in [0, 0.1) is 0 Å². The lowest BCUT2D eigenvalue weighted by atomic mass is 10.0. The normalized spacial score (nSPS) is 10.4. The molecule has 0 aliphatic carbocycles. The van der Waals surface area contributed by atoms with E-state index in [1.54, 1.807) is 0 Å². The molecule has 2 nitrogen and oxygen atoms in total. The molecule has 0 aliphatic heterocycles. The smallest absolute Gasteiger partial charge is 0.309 e. The van der Waals surface area contributed by atoms with Crippen molar-refractivity contribution >= 4 is 28.3 Å². The molecule has 2 rings (SSSR count). The van der Waals surface area contributed by atoms with Crippen LogP contribution in [0.4, 0.5) is 0 Å². The lowest BCUT2D eigenvalue weighted by Crippen LogP contribution is -2.04. The highest BCUT2D eigenvalue weighted by atomic mass is 35.5. The summed E-state index contributed by atoms with van der Waals surface area (Å²) < 4.78 is 4.66. The summed E-state index contributed by atoms with van der Waals surface area (Å²) in [6, 6.07) is 11.4. The van der Waals surface area contributed by atoms with Crippen LogP contribution in [0.15, 0.2) is 36.4 Å². The fourth-order valence-electron chi connectivity index (χ4n) is 1.70. The maximum Gasteiger partial charge on any atom is 0.309 e. The molecule has 0 spiro atoms. The van der Waals surface area contributed by atoms with Crippen molar-refractivity contribution in [2.24, 2.45) is 0 Å². The highest BCUT2D eigenvalue weighted by Gasteiger charge is 2.06. The van der Waals surface area contributed by atoms with Crippen LogP contribution in [0.5, 0.6) is 0 Å². The molecule has 0 unspecified atom stereocenters. The molecule has 0 bridgehead atoms. The van der Waals surface area contributed by atoms with E-state index in [4.69, 9.17) is 11.6 Å². The first kappa shape index (κ1) is 11.0. The summed E-state index contributed by atoms with van der Waals surface area (Å²) in [5.41, 5.74) is 0.959. The zero-order valence-corrected chi connectivity index (χ0v) is 9.62. The van der Waals surface area contributed by atoms with Crippen LogP contribution >= 0.6 is 11.6 Å². The molecule has 0 radical (unpaired) electrons. The number of halogens is 1. The first-order valence-corrected chi connectivity index (χ1v) is 5.32. The summed E-state index contributed by atoms with van der Waals surface area (Å²) in [6.45, 7) is 0. The van der Waals surface area contributed by atoms with Crippen molar-refractivity contribution in [2.45, 2.75) is 6.42 Å². The van der Waals surface area contributed by atoms with Gasteiger partial charge in [-0.15, -0.1) is 0 Å². The lowest BCUT2D eigenvalue weighted by molar-refractivity contribution is -0.139. The third-order valence-corrected chi connectivity index (χ3v) is 2.73. The van der Waals surface area contributed by atoms with E-state index in [2.05, 4.69) is 4.74 Å². The third-order valence-electron chi connectivity index (χ3n) is 2.50. The molecule has 0 aliphatic rings. The molecule has 2 aromatic carbocycles. The molecule has 82 valence electrons. The van der Waals surface area contributed by atoms with Crippen LogP contribution in [0.25, 0.3) is 10.8 Å². The Hall–Kier alpha value is -1.54. The second kappa shape index (κ2) is 4.54. The van der Waals surface area contributed by atoms with E-state index >= 15 is 0 Å². The zero-order valence-electron chi connectivity index (χ0n) is 8.87. The fourth-order valence-corrected chi connectivity index (χ4v) is 1.88. The van der Waals surface area contributed by atoms with Gasteiger partial charge in [0.05, 0.1) is 13.5 Å². The summed E-state index contributed by atoms with van der Waals surface area (Å²) in [5.74, 6) is -0.234. The molecule has 2 aromatic rings. The van der Waals surface area contributed by atoms with Crippen molar-refractivity contribution in [1.82, 2.24) is 0 Å². The summed E-state index contributed by atoms with van der Waals surface area (Å²) >= 11 is 5.91. The van der Waals surface area contributed by atoms with Gasteiger partial charge in [-0.3, -0.25) is 4.79 Å². The van der Waals surface area contributed by atoms with E-state index in [0.717, 1.165) is 16.3 Å². The van der Waals surface area contributed by atoms with Crippen molar-refractivity contribution in [3.8, 4) is 0 Å². The van der Waals surface area contributed by atoms with E-state index in [1.165, 1.54) is 7.11 Å². The number of hydrogen-bond donors (Lipinski definition) is 0. The molecule has 0 saturated heterocycles. The minimum absolute atomic E-state index is 0.234. The monoisotopic (exact) mass is 234 g/mol. The summed E-state index contributed by atoms with van der Waals surface area (Å²) in [5, 5.41) is 2.77. The van der Waals surface area contributed by atoms with Crippen molar-refractivity contribution in [3.05, 3.63) is 47.0 Å². The van der Waals surface area contributed by atoms with Gasteiger partial charge in [0.2, 0.25) is 0 Å². The number of hydrogen-bond acceptors (Lipinski definition) is 2. The van der Waals surface area contributed by atoms with Gasteiger partial charge < -0.3 is 4.74 Å². The Morgan fingerprint density at radius 3 is 2.88 bits per heavy atom. The third kappa shape index (κ3) is 2.17. The number of methoxy groups -OCH3 is 1. The topological polar surface area (TPSA) is 26.3 Å². The number of rotatable bonds is 2. The maximum absolute atomic E-state index is 11.2. The Balaban J connectivity index is 2.49. The van der Waals surface area contributed by atoms with Gasteiger partial charge in [-0.25, -0.2) is 0 Å². The molecule has 0 N–H and O–H groups in total. The Labute approximate surface area is 98.8 Å². The number of ether oxygens (including phenoxy) is 1.